The fourth-order valence-corrected chi connectivity index (χ4v) is 2.73. The average molecular weight is 311 g/mol. The highest BCUT2D eigenvalue weighted by atomic mass is 35.5. The molecule has 1 aromatic rings. The van der Waals surface area contributed by atoms with E-state index in [0.29, 0.717) is 36.8 Å². The van der Waals surface area contributed by atoms with Crippen molar-refractivity contribution in [3.63, 3.8) is 0 Å². The molecule has 1 saturated heterocycles. The minimum atomic E-state index is -0.830. The first-order valence-electron chi connectivity index (χ1n) is 6.92. The van der Waals surface area contributed by atoms with Crippen LogP contribution in [0, 0.1) is 6.92 Å². The number of piperazine rings is 1. The van der Waals surface area contributed by atoms with Crippen molar-refractivity contribution in [2.45, 2.75) is 19.9 Å². The number of carbonyl (C=O) groups is 2. The van der Waals surface area contributed by atoms with Gasteiger partial charge in [0.15, 0.2) is 0 Å². The fraction of sp³-hybridized carbons (Fsp3) is 0.467. The van der Waals surface area contributed by atoms with Gasteiger partial charge in [0.05, 0.1) is 0 Å². The molecule has 2 rings (SSSR count). The molecule has 1 amide bonds. The van der Waals surface area contributed by atoms with Crippen LogP contribution in [-0.4, -0.2) is 59.0 Å². The number of hydrogen-bond acceptors (Lipinski definition) is 3. The van der Waals surface area contributed by atoms with Crippen LogP contribution in [0.2, 0.25) is 5.02 Å². The Hall–Kier alpha value is -1.59. The summed E-state index contributed by atoms with van der Waals surface area (Å²) in [6.45, 7) is 5.76. The van der Waals surface area contributed by atoms with E-state index >= 15 is 0 Å². The second kappa shape index (κ2) is 6.45. The number of benzene rings is 1. The molecule has 1 N–H and O–H groups in total. The van der Waals surface area contributed by atoms with Crippen molar-refractivity contribution < 1.29 is 14.7 Å². The zero-order chi connectivity index (χ0) is 15.6. The number of hydrogen-bond donors (Lipinski definition) is 1. The smallest absolute Gasteiger partial charge is 0.320 e. The van der Waals surface area contributed by atoms with Crippen molar-refractivity contribution in [3.05, 3.63) is 34.3 Å². The number of aryl methyl sites for hydroxylation is 1. The van der Waals surface area contributed by atoms with Crippen LogP contribution >= 0.6 is 11.6 Å². The second-order valence-electron chi connectivity index (χ2n) is 5.30. The van der Waals surface area contributed by atoms with Crippen molar-refractivity contribution in [3.8, 4) is 0 Å². The van der Waals surface area contributed by atoms with Crippen molar-refractivity contribution >= 4 is 23.5 Å². The van der Waals surface area contributed by atoms with Gasteiger partial charge in [0.1, 0.15) is 6.04 Å². The highest BCUT2D eigenvalue weighted by Gasteiger charge is 2.28. The third-order valence-electron chi connectivity index (χ3n) is 3.93. The number of carboxylic acid groups (broad SMARTS) is 1. The molecule has 0 aromatic heterocycles. The Bertz CT molecular complexity index is 554. The Labute approximate surface area is 129 Å². The van der Waals surface area contributed by atoms with Gasteiger partial charge in [-0.15, -0.1) is 0 Å². The topological polar surface area (TPSA) is 60.9 Å². The first-order valence-corrected chi connectivity index (χ1v) is 7.30. The Balaban J connectivity index is 2.02. The molecule has 0 spiro atoms. The van der Waals surface area contributed by atoms with Gasteiger partial charge in [-0.05, 0) is 37.6 Å². The van der Waals surface area contributed by atoms with Crippen LogP contribution in [0.15, 0.2) is 18.2 Å². The fourth-order valence-electron chi connectivity index (χ4n) is 2.51. The van der Waals surface area contributed by atoms with Crippen LogP contribution in [0.3, 0.4) is 0 Å². The predicted molar refractivity (Wildman–Crippen MR) is 80.8 cm³/mol. The van der Waals surface area contributed by atoms with E-state index in [4.69, 9.17) is 16.7 Å². The molecule has 6 heteroatoms. The number of carbonyl (C=O) groups excluding carboxylic acids is 1. The minimum Gasteiger partial charge on any atom is -0.480 e. The third kappa shape index (κ3) is 3.54. The molecule has 0 saturated carbocycles. The molecular formula is C15H19ClN2O3. The van der Waals surface area contributed by atoms with E-state index in [1.807, 2.05) is 11.8 Å². The molecule has 1 unspecified atom stereocenters. The number of aliphatic carboxylic acids is 1. The average Bonchev–Trinajstić information content (AvgIpc) is 2.46. The zero-order valence-corrected chi connectivity index (χ0v) is 12.9. The van der Waals surface area contributed by atoms with Crippen molar-refractivity contribution in [1.82, 2.24) is 9.80 Å². The molecular weight excluding hydrogens is 292 g/mol. The lowest BCUT2D eigenvalue weighted by molar-refractivity contribution is -0.143. The van der Waals surface area contributed by atoms with Crippen LogP contribution in [0.1, 0.15) is 22.8 Å². The summed E-state index contributed by atoms with van der Waals surface area (Å²) < 4.78 is 0. The Morgan fingerprint density at radius 1 is 1.24 bits per heavy atom. The van der Waals surface area contributed by atoms with Crippen LogP contribution in [0.4, 0.5) is 0 Å². The maximum Gasteiger partial charge on any atom is 0.320 e. The van der Waals surface area contributed by atoms with Crippen molar-refractivity contribution in [2.75, 3.05) is 26.2 Å². The molecule has 0 aliphatic carbocycles. The van der Waals surface area contributed by atoms with E-state index < -0.39 is 12.0 Å². The Morgan fingerprint density at radius 3 is 2.38 bits per heavy atom. The van der Waals surface area contributed by atoms with Crippen LogP contribution in [0.5, 0.6) is 0 Å². The van der Waals surface area contributed by atoms with Gasteiger partial charge in [-0.1, -0.05) is 11.6 Å². The van der Waals surface area contributed by atoms with Gasteiger partial charge in [-0.2, -0.15) is 0 Å². The molecule has 1 fully saturated rings. The second-order valence-corrected chi connectivity index (χ2v) is 5.74. The molecule has 1 aliphatic rings. The van der Waals surface area contributed by atoms with Crippen LogP contribution < -0.4 is 0 Å². The van der Waals surface area contributed by atoms with E-state index in [1.54, 1.807) is 30.0 Å². The van der Waals surface area contributed by atoms with E-state index in [0.717, 1.165) is 5.56 Å². The number of carboxylic acids is 1. The normalized spacial score (nSPS) is 17.6. The lowest BCUT2D eigenvalue weighted by Crippen LogP contribution is -2.53. The Morgan fingerprint density at radius 2 is 1.86 bits per heavy atom. The molecule has 114 valence electrons. The van der Waals surface area contributed by atoms with Gasteiger partial charge < -0.3 is 10.0 Å². The van der Waals surface area contributed by atoms with E-state index in [2.05, 4.69) is 0 Å². The summed E-state index contributed by atoms with van der Waals surface area (Å²) in [5.74, 6) is -0.852. The summed E-state index contributed by atoms with van der Waals surface area (Å²) in [6.07, 6.45) is 0. The minimum absolute atomic E-state index is 0.0215. The van der Waals surface area contributed by atoms with Gasteiger partial charge in [0.25, 0.3) is 5.91 Å². The lowest BCUT2D eigenvalue weighted by Gasteiger charge is -2.36. The molecule has 21 heavy (non-hydrogen) atoms. The first-order chi connectivity index (χ1) is 9.90. The number of rotatable bonds is 3. The standard InChI is InChI=1S/C15H19ClN2O3/c1-10-9-12(16)3-4-13(10)14(19)18-7-5-17(6-8-18)11(2)15(20)21/h3-4,9,11H,5-8H2,1-2H3,(H,20,21). The quantitative estimate of drug-likeness (QED) is 0.926. The summed E-state index contributed by atoms with van der Waals surface area (Å²) in [5, 5.41) is 9.63. The predicted octanol–water partition coefficient (Wildman–Crippen LogP) is 1.88. The maximum atomic E-state index is 12.5. The first kappa shape index (κ1) is 15.8. The van der Waals surface area contributed by atoms with Gasteiger partial charge in [-0.3, -0.25) is 14.5 Å². The summed E-state index contributed by atoms with van der Waals surface area (Å²) in [7, 11) is 0. The van der Waals surface area contributed by atoms with Crippen LogP contribution in [-0.2, 0) is 4.79 Å². The third-order valence-corrected chi connectivity index (χ3v) is 4.16. The van der Waals surface area contributed by atoms with E-state index in [9.17, 15) is 9.59 Å². The van der Waals surface area contributed by atoms with Gasteiger partial charge in [-0.25, -0.2) is 0 Å². The highest BCUT2D eigenvalue weighted by molar-refractivity contribution is 6.30. The monoisotopic (exact) mass is 310 g/mol. The summed E-state index contributed by atoms with van der Waals surface area (Å²) >= 11 is 5.90. The molecule has 1 atom stereocenters. The van der Waals surface area contributed by atoms with E-state index in [1.165, 1.54) is 0 Å². The summed E-state index contributed by atoms with van der Waals surface area (Å²) in [5.41, 5.74) is 1.51. The maximum absolute atomic E-state index is 12.5. The highest BCUT2D eigenvalue weighted by Crippen LogP contribution is 2.18. The Kier molecular flexibility index (Phi) is 4.85. The molecule has 5 nitrogen and oxygen atoms in total. The lowest BCUT2D eigenvalue weighted by atomic mass is 10.1. The van der Waals surface area contributed by atoms with Gasteiger partial charge in [0, 0.05) is 36.8 Å². The molecule has 0 radical (unpaired) electrons. The molecule has 1 aliphatic heterocycles. The van der Waals surface area contributed by atoms with Gasteiger partial charge in [0.2, 0.25) is 0 Å². The summed E-state index contributed by atoms with van der Waals surface area (Å²) in [6, 6.07) is 4.72. The van der Waals surface area contributed by atoms with Crippen molar-refractivity contribution in [2.24, 2.45) is 0 Å². The van der Waals surface area contributed by atoms with Crippen molar-refractivity contribution in [1.29, 1.82) is 0 Å². The number of amides is 1. The molecule has 1 heterocycles. The largest absolute Gasteiger partial charge is 0.480 e. The molecule has 1 aromatic carbocycles. The van der Waals surface area contributed by atoms with E-state index in [-0.39, 0.29) is 5.91 Å². The zero-order valence-electron chi connectivity index (χ0n) is 12.2. The van der Waals surface area contributed by atoms with Crippen LogP contribution in [0.25, 0.3) is 0 Å². The number of halogens is 1. The number of nitrogens with zero attached hydrogens (tertiary/aromatic N) is 2. The SMILES string of the molecule is Cc1cc(Cl)ccc1C(=O)N1CCN(C(C)C(=O)O)CC1. The molecule has 0 bridgehead atoms. The van der Waals surface area contributed by atoms with Gasteiger partial charge >= 0.3 is 5.97 Å². The summed E-state index contributed by atoms with van der Waals surface area (Å²) in [4.78, 5) is 27.1.